The van der Waals surface area contributed by atoms with E-state index in [9.17, 15) is 8.78 Å². The third-order valence-electron chi connectivity index (χ3n) is 3.97. The van der Waals surface area contributed by atoms with Gasteiger partial charge in [0.2, 0.25) is 0 Å². The van der Waals surface area contributed by atoms with Gasteiger partial charge in [0, 0.05) is 13.0 Å². The molecular formula is C15H16F2N2. The minimum atomic E-state index is -2.82. The summed E-state index contributed by atoms with van der Waals surface area (Å²) in [5, 5.41) is 0. The third-order valence-corrected chi connectivity index (χ3v) is 3.97. The van der Waals surface area contributed by atoms with Gasteiger partial charge in [0.1, 0.15) is 0 Å². The van der Waals surface area contributed by atoms with Crippen LogP contribution in [0.4, 0.5) is 8.78 Å². The second-order valence-electron chi connectivity index (χ2n) is 5.14. The highest BCUT2D eigenvalue weighted by Crippen LogP contribution is 2.46. The van der Waals surface area contributed by atoms with Gasteiger partial charge in [0.05, 0.1) is 11.9 Å². The van der Waals surface area contributed by atoms with Gasteiger partial charge in [0.25, 0.3) is 0 Å². The van der Waals surface area contributed by atoms with E-state index in [4.69, 9.17) is 0 Å². The Hall–Kier alpha value is -1.71. The Morgan fingerprint density at radius 1 is 1.21 bits per heavy atom. The lowest BCUT2D eigenvalue weighted by Crippen LogP contribution is -2.33. The van der Waals surface area contributed by atoms with Crippen LogP contribution in [0.1, 0.15) is 25.1 Å². The fraction of sp³-hybridized carbons (Fsp3) is 0.400. The highest BCUT2D eigenvalue weighted by Gasteiger charge is 2.47. The number of hydrogen-bond donors (Lipinski definition) is 0. The number of imidazole rings is 1. The Labute approximate surface area is 111 Å². The second-order valence-corrected chi connectivity index (χ2v) is 5.14. The zero-order valence-electron chi connectivity index (χ0n) is 10.8. The van der Waals surface area contributed by atoms with Crippen LogP contribution >= 0.6 is 0 Å². The summed E-state index contributed by atoms with van der Waals surface area (Å²) in [4.78, 5) is 3.98. The molecule has 3 rings (SSSR count). The first-order chi connectivity index (χ1) is 9.10. The van der Waals surface area contributed by atoms with Crippen LogP contribution in [-0.2, 0) is 13.0 Å². The molecule has 1 aromatic carbocycles. The van der Waals surface area contributed by atoms with E-state index < -0.39 is 11.8 Å². The van der Waals surface area contributed by atoms with Gasteiger partial charge in [-0.3, -0.25) is 0 Å². The van der Waals surface area contributed by atoms with Crippen molar-refractivity contribution in [3.05, 3.63) is 42.4 Å². The molecule has 1 fully saturated rings. The van der Waals surface area contributed by atoms with Crippen LogP contribution in [0.15, 0.2) is 36.5 Å². The number of halogens is 2. The summed E-state index contributed by atoms with van der Waals surface area (Å²) in [7, 11) is 1.66. The smallest absolute Gasteiger partial charge is 0.307 e. The summed E-state index contributed by atoms with van der Waals surface area (Å²) in [6.07, 6.45) is 3.63. The van der Waals surface area contributed by atoms with Crippen LogP contribution in [0.5, 0.6) is 0 Å². The van der Waals surface area contributed by atoms with Crippen molar-refractivity contribution in [2.24, 2.45) is 13.0 Å². The predicted octanol–water partition coefficient (Wildman–Crippen LogP) is 3.98. The predicted molar refractivity (Wildman–Crippen MR) is 69.9 cm³/mol. The second kappa shape index (κ2) is 4.44. The maximum atomic E-state index is 14.3. The number of nitrogens with zero attached hydrogens (tertiary/aromatic N) is 2. The van der Waals surface area contributed by atoms with Gasteiger partial charge in [-0.2, -0.15) is 8.78 Å². The van der Waals surface area contributed by atoms with E-state index in [1.807, 2.05) is 30.3 Å². The van der Waals surface area contributed by atoms with Crippen LogP contribution in [0.3, 0.4) is 0 Å². The van der Waals surface area contributed by atoms with E-state index in [1.54, 1.807) is 7.05 Å². The fourth-order valence-electron chi connectivity index (χ4n) is 2.55. The molecule has 0 unspecified atom stereocenters. The first kappa shape index (κ1) is 12.3. The van der Waals surface area contributed by atoms with Gasteiger partial charge >= 0.3 is 5.92 Å². The molecule has 4 heteroatoms. The van der Waals surface area contributed by atoms with Crippen LogP contribution in [0, 0.1) is 5.92 Å². The molecule has 2 aromatic rings. The third kappa shape index (κ3) is 1.95. The SMILES string of the molecule is Cn1c(-c2ccccc2)cnc1C(F)(F)C1CCC1. The van der Waals surface area contributed by atoms with E-state index in [0.29, 0.717) is 12.8 Å². The summed E-state index contributed by atoms with van der Waals surface area (Å²) >= 11 is 0. The van der Waals surface area contributed by atoms with Crippen LogP contribution in [0.2, 0.25) is 0 Å². The number of hydrogen-bond acceptors (Lipinski definition) is 1. The lowest BCUT2D eigenvalue weighted by atomic mass is 9.80. The minimum absolute atomic E-state index is 0.115. The number of benzene rings is 1. The normalized spacial score (nSPS) is 16.4. The largest absolute Gasteiger partial charge is 0.326 e. The molecule has 100 valence electrons. The molecule has 0 bridgehead atoms. The summed E-state index contributed by atoms with van der Waals surface area (Å²) in [6, 6.07) is 9.51. The summed E-state index contributed by atoms with van der Waals surface area (Å²) in [5.74, 6) is -3.48. The van der Waals surface area contributed by atoms with Crippen molar-refractivity contribution < 1.29 is 8.78 Å². The monoisotopic (exact) mass is 262 g/mol. The topological polar surface area (TPSA) is 17.8 Å². The van der Waals surface area contributed by atoms with Gasteiger partial charge in [-0.1, -0.05) is 36.8 Å². The van der Waals surface area contributed by atoms with Crippen LogP contribution in [0.25, 0.3) is 11.3 Å². The first-order valence-corrected chi connectivity index (χ1v) is 6.56. The van der Waals surface area contributed by atoms with Crippen molar-refractivity contribution in [1.29, 1.82) is 0 Å². The Bertz CT molecular complexity index is 571. The van der Waals surface area contributed by atoms with E-state index in [1.165, 1.54) is 10.8 Å². The molecule has 0 aliphatic heterocycles. The Kier molecular flexibility index (Phi) is 2.88. The summed E-state index contributed by atoms with van der Waals surface area (Å²) in [5.41, 5.74) is 1.64. The molecule has 0 saturated heterocycles. The first-order valence-electron chi connectivity index (χ1n) is 6.56. The van der Waals surface area contributed by atoms with Crippen LogP contribution < -0.4 is 0 Å². The van der Waals surface area contributed by atoms with Crippen molar-refractivity contribution in [2.75, 3.05) is 0 Å². The number of aromatic nitrogens is 2. The highest BCUT2D eigenvalue weighted by molar-refractivity contribution is 5.59. The minimum Gasteiger partial charge on any atom is -0.326 e. The molecule has 0 atom stereocenters. The molecule has 0 radical (unpaired) electrons. The lowest BCUT2D eigenvalue weighted by molar-refractivity contribution is -0.103. The Balaban J connectivity index is 1.99. The van der Waals surface area contributed by atoms with Crippen molar-refractivity contribution in [3.8, 4) is 11.3 Å². The summed E-state index contributed by atoms with van der Waals surface area (Å²) < 4.78 is 30.1. The highest BCUT2D eigenvalue weighted by atomic mass is 19.3. The standard InChI is InChI=1S/C15H16F2N2/c1-19-13(11-6-3-2-4-7-11)10-18-14(19)15(16,17)12-8-5-9-12/h2-4,6-7,10,12H,5,8-9H2,1H3. The van der Waals surface area contributed by atoms with Crippen molar-refractivity contribution in [3.63, 3.8) is 0 Å². The quantitative estimate of drug-likeness (QED) is 0.818. The van der Waals surface area contributed by atoms with Gasteiger partial charge in [-0.15, -0.1) is 0 Å². The van der Waals surface area contributed by atoms with Crippen molar-refractivity contribution in [1.82, 2.24) is 9.55 Å². The van der Waals surface area contributed by atoms with Crippen molar-refractivity contribution >= 4 is 0 Å². The Morgan fingerprint density at radius 3 is 2.47 bits per heavy atom. The molecule has 1 aromatic heterocycles. The number of alkyl halides is 2. The zero-order chi connectivity index (χ0) is 13.5. The molecule has 1 aliphatic rings. The molecule has 0 N–H and O–H groups in total. The van der Waals surface area contributed by atoms with E-state index in [0.717, 1.165) is 17.7 Å². The molecule has 2 nitrogen and oxygen atoms in total. The maximum Gasteiger partial charge on any atom is 0.307 e. The molecule has 0 spiro atoms. The van der Waals surface area contributed by atoms with Gasteiger partial charge in [0.15, 0.2) is 5.82 Å². The Morgan fingerprint density at radius 2 is 1.89 bits per heavy atom. The lowest BCUT2D eigenvalue weighted by Gasteiger charge is -2.32. The van der Waals surface area contributed by atoms with E-state index in [-0.39, 0.29) is 5.82 Å². The van der Waals surface area contributed by atoms with Crippen LogP contribution in [-0.4, -0.2) is 9.55 Å². The molecule has 1 heterocycles. The average Bonchev–Trinajstić information content (AvgIpc) is 2.70. The molecule has 1 aliphatic carbocycles. The maximum absolute atomic E-state index is 14.3. The average molecular weight is 262 g/mol. The van der Waals surface area contributed by atoms with Gasteiger partial charge in [-0.25, -0.2) is 4.98 Å². The zero-order valence-corrected chi connectivity index (χ0v) is 10.8. The molecular weight excluding hydrogens is 246 g/mol. The van der Waals surface area contributed by atoms with Gasteiger partial charge < -0.3 is 4.57 Å². The van der Waals surface area contributed by atoms with Gasteiger partial charge in [-0.05, 0) is 18.4 Å². The fourth-order valence-corrected chi connectivity index (χ4v) is 2.55. The number of rotatable bonds is 3. The van der Waals surface area contributed by atoms with E-state index in [2.05, 4.69) is 4.98 Å². The van der Waals surface area contributed by atoms with E-state index >= 15 is 0 Å². The molecule has 0 amide bonds. The summed E-state index contributed by atoms with van der Waals surface area (Å²) in [6.45, 7) is 0. The molecule has 1 saturated carbocycles. The van der Waals surface area contributed by atoms with Crippen molar-refractivity contribution in [2.45, 2.75) is 25.2 Å². The molecule has 19 heavy (non-hydrogen) atoms.